The Morgan fingerprint density at radius 3 is 2.78 bits per heavy atom. The molecule has 0 saturated carbocycles. The van der Waals surface area contributed by atoms with Crippen LogP contribution in [-0.2, 0) is 13.5 Å². The molecular weight excluding hydrogens is 224 g/mol. The Balaban J connectivity index is 2.26. The van der Waals surface area contributed by atoms with E-state index in [1.807, 2.05) is 17.8 Å². The summed E-state index contributed by atoms with van der Waals surface area (Å²) in [5.41, 5.74) is 7.86. The number of imidazole rings is 1. The minimum absolute atomic E-state index is 0.0815. The lowest BCUT2D eigenvalue weighted by Gasteiger charge is -2.18. The molecule has 2 rings (SSSR count). The lowest BCUT2D eigenvalue weighted by atomic mass is 9.98. The molecular formula is C14H20N4. The standard InChI is InChI=1S/C14H20N4/c1-10-4-5-11(2)12(6-10)7-13(17-15)14-8-16-9-18(14)3/h4-6,8-9,13,17H,7,15H2,1-3H3. The SMILES string of the molecule is Cc1ccc(C)c(CC(NN)c2cncn2C)c1. The number of nitrogens with zero attached hydrogens (tertiary/aromatic N) is 2. The van der Waals surface area contributed by atoms with Crippen LogP contribution in [0.2, 0.25) is 0 Å². The number of hydrogen-bond acceptors (Lipinski definition) is 3. The van der Waals surface area contributed by atoms with Gasteiger partial charge in [-0.25, -0.2) is 4.98 Å². The molecule has 4 heteroatoms. The van der Waals surface area contributed by atoms with E-state index < -0.39 is 0 Å². The quantitative estimate of drug-likeness (QED) is 0.637. The molecule has 0 saturated heterocycles. The van der Waals surface area contributed by atoms with Crippen LogP contribution >= 0.6 is 0 Å². The van der Waals surface area contributed by atoms with Crippen molar-refractivity contribution in [2.75, 3.05) is 0 Å². The van der Waals surface area contributed by atoms with Crippen LogP contribution in [0.25, 0.3) is 0 Å². The molecule has 0 fully saturated rings. The fourth-order valence-electron chi connectivity index (χ4n) is 2.19. The number of rotatable bonds is 4. The van der Waals surface area contributed by atoms with Crippen LogP contribution in [-0.4, -0.2) is 9.55 Å². The number of nitrogens with one attached hydrogen (secondary N) is 1. The molecule has 96 valence electrons. The maximum Gasteiger partial charge on any atom is 0.0946 e. The van der Waals surface area contributed by atoms with Gasteiger partial charge in [0, 0.05) is 13.2 Å². The highest BCUT2D eigenvalue weighted by Gasteiger charge is 2.15. The van der Waals surface area contributed by atoms with Gasteiger partial charge in [-0.3, -0.25) is 11.3 Å². The van der Waals surface area contributed by atoms with Crippen LogP contribution in [0.1, 0.15) is 28.4 Å². The number of nitrogens with two attached hydrogens (primary N) is 1. The van der Waals surface area contributed by atoms with Gasteiger partial charge < -0.3 is 4.57 Å². The van der Waals surface area contributed by atoms with Gasteiger partial charge in [-0.1, -0.05) is 23.8 Å². The molecule has 2 aromatic rings. The van der Waals surface area contributed by atoms with E-state index in [1.165, 1.54) is 16.7 Å². The van der Waals surface area contributed by atoms with E-state index in [4.69, 9.17) is 5.84 Å². The van der Waals surface area contributed by atoms with Crippen LogP contribution in [0, 0.1) is 13.8 Å². The summed E-state index contributed by atoms with van der Waals surface area (Å²) >= 11 is 0. The van der Waals surface area contributed by atoms with E-state index in [-0.39, 0.29) is 6.04 Å². The van der Waals surface area contributed by atoms with Crippen molar-refractivity contribution < 1.29 is 0 Å². The highest BCUT2D eigenvalue weighted by Crippen LogP contribution is 2.20. The molecule has 0 spiro atoms. The van der Waals surface area contributed by atoms with Crippen molar-refractivity contribution in [2.45, 2.75) is 26.3 Å². The molecule has 0 bridgehead atoms. The molecule has 4 nitrogen and oxygen atoms in total. The molecule has 0 amide bonds. The van der Waals surface area contributed by atoms with E-state index in [0.29, 0.717) is 0 Å². The monoisotopic (exact) mass is 244 g/mol. The minimum Gasteiger partial charge on any atom is -0.336 e. The Kier molecular flexibility index (Phi) is 3.79. The first-order chi connectivity index (χ1) is 8.61. The molecule has 18 heavy (non-hydrogen) atoms. The summed E-state index contributed by atoms with van der Waals surface area (Å²) < 4.78 is 2.00. The average molecular weight is 244 g/mol. The zero-order valence-electron chi connectivity index (χ0n) is 11.1. The molecule has 1 atom stereocenters. The maximum atomic E-state index is 5.68. The molecule has 0 aliphatic heterocycles. The Morgan fingerprint density at radius 1 is 1.39 bits per heavy atom. The number of aryl methyl sites for hydroxylation is 3. The van der Waals surface area contributed by atoms with E-state index in [9.17, 15) is 0 Å². The molecule has 0 aliphatic carbocycles. The third-order valence-electron chi connectivity index (χ3n) is 3.34. The van der Waals surface area contributed by atoms with Crippen molar-refractivity contribution in [3.05, 3.63) is 53.1 Å². The molecule has 3 N–H and O–H groups in total. The van der Waals surface area contributed by atoms with Gasteiger partial charge in [-0.15, -0.1) is 0 Å². The Labute approximate surface area is 108 Å². The van der Waals surface area contributed by atoms with Crippen molar-refractivity contribution in [1.29, 1.82) is 0 Å². The first kappa shape index (κ1) is 12.8. The third kappa shape index (κ3) is 2.60. The Bertz CT molecular complexity index is 530. The first-order valence-corrected chi connectivity index (χ1v) is 6.10. The smallest absolute Gasteiger partial charge is 0.0946 e. The summed E-state index contributed by atoms with van der Waals surface area (Å²) in [5, 5.41) is 0. The summed E-state index contributed by atoms with van der Waals surface area (Å²) in [7, 11) is 1.98. The molecule has 1 unspecified atom stereocenters. The molecule has 0 radical (unpaired) electrons. The number of aromatic nitrogens is 2. The van der Waals surface area contributed by atoms with Crippen molar-refractivity contribution in [1.82, 2.24) is 15.0 Å². The zero-order chi connectivity index (χ0) is 13.1. The summed E-state index contributed by atoms with van der Waals surface area (Å²) in [6, 6.07) is 6.59. The van der Waals surface area contributed by atoms with E-state index >= 15 is 0 Å². The largest absolute Gasteiger partial charge is 0.336 e. The van der Waals surface area contributed by atoms with Crippen molar-refractivity contribution >= 4 is 0 Å². The summed E-state index contributed by atoms with van der Waals surface area (Å²) in [5.74, 6) is 5.68. The van der Waals surface area contributed by atoms with Crippen LogP contribution in [0.15, 0.2) is 30.7 Å². The van der Waals surface area contributed by atoms with E-state index in [1.54, 1.807) is 6.33 Å². The molecule has 1 aromatic carbocycles. The molecule has 1 heterocycles. The van der Waals surface area contributed by atoms with Gasteiger partial charge in [0.05, 0.1) is 18.1 Å². The average Bonchev–Trinajstić information content (AvgIpc) is 2.77. The predicted molar refractivity (Wildman–Crippen MR) is 72.9 cm³/mol. The Morgan fingerprint density at radius 2 is 2.17 bits per heavy atom. The van der Waals surface area contributed by atoms with Gasteiger partial charge in [0.1, 0.15) is 0 Å². The second-order valence-electron chi connectivity index (χ2n) is 4.78. The van der Waals surface area contributed by atoms with Crippen LogP contribution in [0.3, 0.4) is 0 Å². The molecule has 1 aromatic heterocycles. The maximum absolute atomic E-state index is 5.68. The van der Waals surface area contributed by atoms with Crippen molar-refractivity contribution in [3.8, 4) is 0 Å². The van der Waals surface area contributed by atoms with Crippen molar-refractivity contribution in [2.24, 2.45) is 12.9 Å². The van der Waals surface area contributed by atoms with Crippen LogP contribution < -0.4 is 11.3 Å². The van der Waals surface area contributed by atoms with Crippen LogP contribution in [0.5, 0.6) is 0 Å². The first-order valence-electron chi connectivity index (χ1n) is 6.10. The topological polar surface area (TPSA) is 55.9 Å². The normalized spacial score (nSPS) is 12.7. The highest BCUT2D eigenvalue weighted by molar-refractivity contribution is 5.31. The predicted octanol–water partition coefficient (Wildman–Crippen LogP) is 1.78. The van der Waals surface area contributed by atoms with E-state index in [0.717, 1.165) is 12.1 Å². The summed E-state index contributed by atoms with van der Waals surface area (Å²) in [4.78, 5) is 4.14. The highest BCUT2D eigenvalue weighted by atomic mass is 15.2. The van der Waals surface area contributed by atoms with Crippen LogP contribution in [0.4, 0.5) is 0 Å². The second kappa shape index (κ2) is 5.33. The third-order valence-corrected chi connectivity index (χ3v) is 3.34. The second-order valence-corrected chi connectivity index (χ2v) is 4.78. The van der Waals surface area contributed by atoms with Crippen molar-refractivity contribution in [3.63, 3.8) is 0 Å². The van der Waals surface area contributed by atoms with Gasteiger partial charge >= 0.3 is 0 Å². The Hall–Kier alpha value is -1.65. The van der Waals surface area contributed by atoms with Gasteiger partial charge in [0.25, 0.3) is 0 Å². The lowest BCUT2D eigenvalue weighted by Crippen LogP contribution is -2.31. The zero-order valence-corrected chi connectivity index (χ0v) is 11.1. The fraction of sp³-hybridized carbons (Fsp3) is 0.357. The van der Waals surface area contributed by atoms with E-state index in [2.05, 4.69) is 42.5 Å². The van der Waals surface area contributed by atoms with Gasteiger partial charge in [0.2, 0.25) is 0 Å². The fourth-order valence-corrected chi connectivity index (χ4v) is 2.19. The summed E-state index contributed by atoms with van der Waals surface area (Å²) in [6.45, 7) is 4.24. The minimum atomic E-state index is 0.0815. The molecule has 0 aliphatic rings. The summed E-state index contributed by atoms with van der Waals surface area (Å²) in [6.07, 6.45) is 4.52. The van der Waals surface area contributed by atoms with Gasteiger partial charge in [0.15, 0.2) is 0 Å². The van der Waals surface area contributed by atoms with Gasteiger partial charge in [-0.05, 0) is 31.4 Å². The lowest BCUT2D eigenvalue weighted by molar-refractivity contribution is 0.521. The number of hydrazine groups is 1. The number of benzene rings is 1. The number of hydrogen-bond donors (Lipinski definition) is 2. The van der Waals surface area contributed by atoms with Gasteiger partial charge in [-0.2, -0.15) is 0 Å².